The van der Waals surface area contributed by atoms with Crippen molar-refractivity contribution < 1.29 is 14.6 Å². The number of esters is 1. The molecule has 3 aromatic heterocycles. The second-order valence-electron chi connectivity index (χ2n) is 6.62. The van der Waals surface area contributed by atoms with Gasteiger partial charge in [0, 0.05) is 30.5 Å². The minimum absolute atomic E-state index is 0.0182. The van der Waals surface area contributed by atoms with Crippen molar-refractivity contribution in [3.8, 4) is 0 Å². The van der Waals surface area contributed by atoms with Gasteiger partial charge in [0.05, 0.1) is 18.5 Å². The molecule has 150 valence electrons. The molecule has 0 unspecified atom stereocenters. The number of ether oxygens (including phenoxy) is 1. The first-order valence-electron chi connectivity index (χ1n) is 9.50. The van der Waals surface area contributed by atoms with Gasteiger partial charge < -0.3 is 19.7 Å². The van der Waals surface area contributed by atoms with Gasteiger partial charge in [-0.15, -0.1) is 0 Å². The number of anilines is 2. The van der Waals surface area contributed by atoms with Crippen molar-refractivity contribution >= 4 is 28.6 Å². The summed E-state index contributed by atoms with van der Waals surface area (Å²) in [5, 5.41) is 16.9. The lowest BCUT2D eigenvalue weighted by atomic mass is 10.0. The van der Waals surface area contributed by atoms with Crippen LogP contribution in [0.2, 0.25) is 0 Å². The van der Waals surface area contributed by atoms with Crippen LogP contribution in [0.1, 0.15) is 26.7 Å². The van der Waals surface area contributed by atoms with Crippen LogP contribution in [-0.2, 0) is 22.6 Å². The molecule has 0 radical (unpaired) electrons. The SMILES string of the molecule is CCC(CC)Cn1ccc2cnc(Nc3cnn(CC(=O)OCCO)c3)nc21. The molecule has 28 heavy (non-hydrogen) atoms. The number of fused-ring (bicyclic) bond motifs is 1. The van der Waals surface area contributed by atoms with Crippen molar-refractivity contribution in [2.75, 3.05) is 18.5 Å². The van der Waals surface area contributed by atoms with Crippen molar-refractivity contribution in [1.82, 2.24) is 24.3 Å². The molecule has 0 saturated carbocycles. The van der Waals surface area contributed by atoms with E-state index >= 15 is 0 Å². The summed E-state index contributed by atoms with van der Waals surface area (Å²) in [5.74, 6) is 0.630. The highest BCUT2D eigenvalue weighted by molar-refractivity contribution is 5.76. The van der Waals surface area contributed by atoms with E-state index in [0.717, 1.165) is 30.4 Å². The van der Waals surface area contributed by atoms with Crippen LogP contribution in [-0.4, -0.2) is 48.6 Å². The van der Waals surface area contributed by atoms with E-state index in [4.69, 9.17) is 9.84 Å². The van der Waals surface area contributed by atoms with Gasteiger partial charge in [-0.2, -0.15) is 10.1 Å². The number of aromatic nitrogens is 5. The summed E-state index contributed by atoms with van der Waals surface area (Å²) in [6.45, 7) is 5.10. The number of aliphatic hydroxyl groups is 1. The van der Waals surface area contributed by atoms with Gasteiger partial charge in [0.15, 0.2) is 0 Å². The maximum Gasteiger partial charge on any atom is 0.327 e. The van der Waals surface area contributed by atoms with Crippen molar-refractivity contribution in [2.45, 2.75) is 39.8 Å². The Morgan fingerprint density at radius 3 is 2.89 bits per heavy atom. The molecule has 0 saturated heterocycles. The molecule has 0 aliphatic carbocycles. The summed E-state index contributed by atoms with van der Waals surface area (Å²) >= 11 is 0. The Balaban J connectivity index is 1.70. The van der Waals surface area contributed by atoms with Crippen LogP contribution in [0.3, 0.4) is 0 Å². The van der Waals surface area contributed by atoms with Gasteiger partial charge in [-0.3, -0.25) is 9.48 Å². The maximum atomic E-state index is 11.6. The van der Waals surface area contributed by atoms with E-state index in [9.17, 15) is 4.79 Å². The fourth-order valence-corrected chi connectivity index (χ4v) is 2.98. The van der Waals surface area contributed by atoms with Crippen LogP contribution in [0, 0.1) is 5.92 Å². The normalized spacial score (nSPS) is 11.3. The third-order valence-corrected chi connectivity index (χ3v) is 4.65. The molecule has 2 N–H and O–H groups in total. The van der Waals surface area contributed by atoms with Gasteiger partial charge >= 0.3 is 5.97 Å². The van der Waals surface area contributed by atoms with Crippen LogP contribution < -0.4 is 5.32 Å². The van der Waals surface area contributed by atoms with Crippen LogP contribution >= 0.6 is 0 Å². The molecule has 9 heteroatoms. The highest BCUT2D eigenvalue weighted by Crippen LogP contribution is 2.20. The molecular weight excluding hydrogens is 360 g/mol. The summed E-state index contributed by atoms with van der Waals surface area (Å²) in [6, 6.07) is 2.03. The quantitative estimate of drug-likeness (QED) is 0.515. The standard InChI is InChI=1S/C19H26N6O3/c1-3-14(4-2)11-24-6-5-15-9-20-19(23-18(15)24)22-16-10-21-25(12-16)13-17(27)28-8-7-26/h5-6,9-10,12,14,26H,3-4,7-8,11,13H2,1-2H3,(H,20,22,23). The van der Waals surface area contributed by atoms with Crippen molar-refractivity contribution in [3.05, 3.63) is 30.9 Å². The van der Waals surface area contributed by atoms with E-state index in [1.807, 2.05) is 6.07 Å². The average Bonchev–Trinajstić information content (AvgIpc) is 3.31. The zero-order chi connectivity index (χ0) is 19.9. The number of carbonyl (C=O) groups is 1. The molecule has 0 aromatic carbocycles. The second kappa shape index (κ2) is 9.32. The highest BCUT2D eigenvalue weighted by atomic mass is 16.5. The number of nitrogens with one attached hydrogen (secondary N) is 1. The summed E-state index contributed by atoms with van der Waals surface area (Å²) in [6.07, 6.45) is 9.38. The Labute approximate surface area is 163 Å². The first-order chi connectivity index (χ1) is 13.6. The van der Waals surface area contributed by atoms with Crippen molar-refractivity contribution in [2.24, 2.45) is 5.92 Å². The lowest BCUT2D eigenvalue weighted by molar-refractivity contribution is -0.145. The molecular formula is C19H26N6O3. The van der Waals surface area contributed by atoms with Crippen LogP contribution in [0.4, 0.5) is 11.6 Å². The molecule has 0 aliphatic rings. The molecule has 0 atom stereocenters. The van der Waals surface area contributed by atoms with Gasteiger partial charge in [0.1, 0.15) is 18.8 Å². The molecule has 0 spiro atoms. The van der Waals surface area contributed by atoms with Gasteiger partial charge in [0.2, 0.25) is 5.95 Å². The zero-order valence-corrected chi connectivity index (χ0v) is 16.2. The lowest BCUT2D eigenvalue weighted by Gasteiger charge is -2.14. The van der Waals surface area contributed by atoms with Crippen LogP contribution in [0.5, 0.6) is 0 Å². The summed E-state index contributed by atoms with van der Waals surface area (Å²) in [5.41, 5.74) is 1.57. The van der Waals surface area contributed by atoms with E-state index in [1.165, 1.54) is 4.68 Å². The molecule has 0 bridgehead atoms. The van der Waals surface area contributed by atoms with E-state index in [0.29, 0.717) is 17.6 Å². The molecule has 0 aliphatic heterocycles. The fourth-order valence-electron chi connectivity index (χ4n) is 2.98. The highest BCUT2D eigenvalue weighted by Gasteiger charge is 2.11. The van der Waals surface area contributed by atoms with E-state index in [-0.39, 0.29) is 19.8 Å². The van der Waals surface area contributed by atoms with Crippen LogP contribution in [0.15, 0.2) is 30.9 Å². The molecule has 0 amide bonds. The average molecular weight is 386 g/mol. The number of carbonyl (C=O) groups excluding carboxylic acids is 1. The first-order valence-corrected chi connectivity index (χ1v) is 9.50. The Morgan fingerprint density at radius 2 is 2.14 bits per heavy atom. The van der Waals surface area contributed by atoms with Crippen LogP contribution in [0.25, 0.3) is 11.0 Å². The van der Waals surface area contributed by atoms with Gasteiger partial charge in [-0.25, -0.2) is 4.98 Å². The number of rotatable bonds is 10. The number of aliphatic hydroxyl groups excluding tert-OH is 1. The minimum atomic E-state index is -0.458. The number of hydrogen-bond acceptors (Lipinski definition) is 7. The van der Waals surface area contributed by atoms with E-state index < -0.39 is 5.97 Å². The Hall–Kier alpha value is -2.94. The topological polar surface area (TPSA) is 107 Å². The number of nitrogens with zero attached hydrogens (tertiary/aromatic N) is 5. The Kier molecular flexibility index (Phi) is 6.59. The molecule has 3 rings (SSSR count). The molecule has 3 heterocycles. The number of hydrogen-bond donors (Lipinski definition) is 2. The van der Waals surface area contributed by atoms with Gasteiger partial charge in [-0.05, 0) is 12.0 Å². The van der Waals surface area contributed by atoms with Gasteiger partial charge in [-0.1, -0.05) is 26.7 Å². The van der Waals surface area contributed by atoms with E-state index in [1.54, 1.807) is 18.6 Å². The monoisotopic (exact) mass is 386 g/mol. The predicted molar refractivity (Wildman–Crippen MR) is 105 cm³/mol. The Morgan fingerprint density at radius 1 is 1.32 bits per heavy atom. The summed E-state index contributed by atoms with van der Waals surface area (Å²) in [4.78, 5) is 20.6. The predicted octanol–water partition coefficient (Wildman–Crippen LogP) is 2.34. The molecule has 3 aromatic rings. The Bertz CT molecular complexity index is 915. The summed E-state index contributed by atoms with van der Waals surface area (Å²) in [7, 11) is 0. The van der Waals surface area contributed by atoms with Crippen molar-refractivity contribution in [1.29, 1.82) is 0 Å². The molecule has 0 fully saturated rings. The second-order valence-corrected chi connectivity index (χ2v) is 6.62. The first kappa shape index (κ1) is 19.8. The van der Waals surface area contributed by atoms with E-state index in [2.05, 4.69) is 45.0 Å². The van der Waals surface area contributed by atoms with Gasteiger partial charge in [0.25, 0.3) is 0 Å². The molecule has 9 nitrogen and oxygen atoms in total. The third-order valence-electron chi connectivity index (χ3n) is 4.65. The fraction of sp³-hybridized carbons (Fsp3) is 0.474. The lowest BCUT2D eigenvalue weighted by Crippen LogP contribution is -2.15. The van der Waals surface area contributed by atoms with Crippen molar-refractivity contribution in [3.63, 3.8) is 0 Å². The largest absolute Gasteiger partial charge is 0.462 e. The zero-order valence-electron chi connectivity index (χ0n) is 16.2. The third kappa shape index (κ3) is 4.86. The maximum absolute atomic E-state index is 11.6. The summed E-state index contributed by atoms with van der Waals surface area (Å²) < 4.78 is 8.45. The smallest absolute Gasteiger partial charge is 0.327 e. The minimum Gasteiger partial charge on any atom is -0.462 e.